The first kappa shape index (κ1) is 19.6. The van der Waals surface area contributed by atoms with Crippen molar-refractivity contribution in [1.29, 1.82) is 0 Å². The van der Waals surface area contributed by atoms with Crippen LogP contribution in [0.25, 0.3) is 0 Å². The Morgan fingerprint density at radius 3 is 2.21 bits per heavy atom. The highest BCUT2D eigenvalue weighted by Gasteiger charge is 2.69. The maximum Gasteiger partial charge on any atom is 0.258 e. The van der Waals surface area contributed by atoms with Gasteiger partial charge in [-0.25, -0.2) is 13.2 Å². The number of amides is 2. The fraction of sp³-hybridized carbons (Fsp3) is 0.300. The summed E-state index contributed by atoms with van der Waals surface area (Å²) in [5, 5.41) is 5.46. The van der Waals surface area contributed by atoms with Crippen molar-refractivity contribution in [2.75, 3.05) is 6.61 Å². The number of carbonyl (C=O) groups excluding carboxylic acids is 2. The average Bonchev–Trinajstić information content (AvgIpc) is 2.59. The van der Waals surface area contributed by atoms with Crippen LogP contribution >= 0.6 is 11.6 Å². The molecule has 0 aromatic heterocycles. The Bertz CT molecular complexity index is 974. The summed E-state index contributed by atoms with van der Waals surface area (Å²) in [4.78, 5) is 24.3. The lowest BCUT2D eigenvalue weighted by atomic mass is 9.44. The zero-order chi connectivity index (χ0) is 20.8. The second-order valence-corrected chi connectivity index (χ2v) is 7.96. The molecule has 5 rings (SSSR count). The van der Waals surface area contributed by atoms with Gasteiger partial charge in [-0.05, 0) is 43.5 Å². The van der Waals surface area contributed by atoms with Gasteiger partial charge in [-0.1, -0.05) is 17.7 Å². The van der Waals surface area contributed by atoms with Gasteiger partial charge in [0.2, 0.25) is 0 Å². The molecule has 3 aliphatic rings. The standard InChI is InChI=1S/C20H16ClF3N2O3/c21-12-5-4-11(6-15(12)24)29-7-16(27)25-19-8-20(9-19,10-19)26-18(28)17-13(22)2-1-3-14(17)23/h1-6H,7-10H2,(H,25,27)(H,26,28). The molecule has 0 radical (unpaired) electrons. The summed E-state index contributed by atoms with van der Waals surface area (Å²) in [5.74, 6) is -3.52. The summed E-state index contributed by atoms with van der Waals surface area (Å²) in [7, 11) is 0. The third kappa shape index (κ3) is 3.64. The maximum atomic E-state index is 13.7. The van der Waals surface area contributed by atoms with Crippen LogP contribution in [-0.2, 0) is 4.79 Å². The molecular weight excluding hydrogens is 409 g/mol. The Hall–Kier alpha value is -2.74. The van der Waals surface area contributed by atoms with Gasteiger partial charge in [0.15, 0.2) is 6.61 Å². The van der Waals surface area contributed by atoms with Gasteiger partial charge in [-0.2, -0.15) is 0 Å². The van der Waals surface area contributed by atoms with E-state index in [1.807, 2.05) is 0 Å². The molecule has 152 valence electrons. The Kier molecular flexibility index (Phi) is 4.69. The minimum absolute atomic E-state index is 0.0433. The van der Waals surface area contributed by atoms with Crippen molar-refractivity contribution in [2.45, 2.75) is 30.3 Å². The van der Waals surface area contributed by atoms with Crippen LogP contribution in [0.2, 0.25) is 5.02 Å². The van der Waals surface area contributed by atoms with E-state index in [1.54, 1.807) is 0 Å². The molecule has 29 heavy (non-hydrogen) atoms. The lowest BCUT2D eigenvalue weighted by Gasteiger charge is -2.70. The topological polar surface area (TPSA) is 67.4 Å². The van der Waals surface area contributed by atoms with Crippen molar-refractivity contribution in [2.24, 2.45) is 0 Å². The zero-order valence-electron chi connectivity index (χ0n) is 15.0. The SMILES string of the molecule is O=C(COc1ccc(Cl)c(F)c1)NC12CC(NC(=O)c3c(F)cccc3F)(C1)C2. The second kappa shape index (κ2) is 6.95. The quantitative estimate of drug-likeness (QED) is 0.747. The number of benzene rings is 2. The number of carbonyl (C=O) groups is 2. The highest BCUT2D eigenvalue weighted by molar-refractivity contribution is 6.30. The lowest BCUT2D eigenvalue weighted by molar-refractivity contribution is -0.141. The van der Waals surface area contributed by atoms with Crippen molar-refractivity contribution in [3.05, 3.63) is 64.4 Å². The smallest absolute Gasteiger partial charge is 0.258 e. The number of nitrogens with one attached hydrogen (secondary N) is 2. The molecule has 2 N–H and O–H groups in total. The van der Waals surface area contributed by atoms with Gasteiger partial charge >= 0.3 is 0 Å². The zero-order valence-corrected chi connectivity index (χ0v) is 15.8. The van der Waals surface area contributed by atoms with Gasteiger partial charge in [0, 0.05) is 17.1 Å². The molecule has 0 atom stereocenters. The first-order valence-electron chi connectivity index (χ1n) is 8.86. The molecule has 9 heteroatoms. The Morgan fingerprint density at radius 2 is 1.59 bits per heavy atom. The monoisotopic (exact) mass is 424 g/mol. The van der Waals surface area contributed by atoms with Gasteiger partial charge in [0.25, 0.3) is 11.8 Å². The van der Waals surface area contributed by atoms with Crippen molar-refractivity contribution >= 4 is 23.4 Å². The van der Waals surface area contributed by atoms with Crippen LogP contribution in [0.1, 0.15) is 29.6 Å². The Labute approximate surface area is 169 Å². The minimum atomic E-state index is -0.923. The summed E-state index contributed by atoms with van der Waals surface area (Å²) in [6.07, 6.45) is 1.38. The molecule has 5 nitrogen and oxygen atoms in total. The minimum Gasteiger partial charge on any atom is -0.484 e. The third-order valence-electron chi connectivity index (χ3n) is 5.26. The molecule has 0 saturated heterocycles. The molecule has 3 saturated carbocycles. The summed E-state index contributed by atoms with van der Waals surface area (Å²) < 4.78 is 46.1. The summed E-state index contributed by atoms with van der Waals surface area (Å²) in [6, 6.07) is 7.10. The molecule has 2 aromatic rings. The van der Waals surface area contributed by atoms with E-state index < -0.39 is 40.0 Å². The second-order valence-electron chi connectivity index (χ2n) is 7.55. The maximum absolute atomic E-state index is 13.7. The average molecular weight is 425 g/mol. The van der Waals surface area contributed by atoms with Crippen LogP contribution in [0, 0.1) is 17.5 Å². The number of hydrogen-bond acceptors (Lipinski definition) is 3. The van der Waals surface area contributed by atoms with E-state index in [0.717, 1.165) is 18.2 Å². The predicted octanol–water partition coefficient (Wildman–Crippen LogP) is 3.36. The van der Waals surface area contributed by atoms with E-state index >= 15 is 0 Å². The van der Waals surface area contributed by atoms with Crippen LogP contribution in [-0.4, -0.2) is 29.5 Å². The molecule has 2 aromatic carbocycles. The van der Waals surface area contributed by atoms with E-state index in [9.17, 15) is 22.8 Å². The Balaban J connectivity index is 1.27. The van der Waals surface area contributed by atoms with Gasteiger partial charge in [-0.15, -0.1) is 0 Å². The van der Waals surface area contributed by atoms with Gasteiger partial charge in [0.1, 0.15) is 28.8 Å². The van der Waals surface area contributed by atoms with E-state index in [1.165, 1.54) is 18.2 Å². The fourth-order valence-corrected chi connectivity index (χ4v) is 4.24. The van der Waals surface area contributed by atoms with Gasteiger partial charge in [0.05, 0.1) is 5.02 Å². The predicted molar refractivity (Wildman–Crippen MR) is 98.2 cm³/mol. The van der Waals surface area contributed by atoms with Crippen LogP contribution in [0.4, 0.5) is 13.2 Å². The summed E-state index contributed by atoms with van der Waals surface area (Å²) in [5.41, 5.74) is -1.65. The number of rotatable bonds is 6. The Morgan fingerprint density at radius 1 is 0.966 bits per heavy atom. The molecule has 3 aliphatic carbocycles. The van der Waals surface area contributed by atoms with Crippen LogP contribution in [0.3, 0.4) is 0 Å². The van der Waals surface area contributed by atoms with Gasteiger partial charge in [-0.3, -0.25) is 9.59 Å². The normalized spacial score (nSPS) is 24.1. The lowest BCUT2D eigenvalue weighted by Crippen LogP contribution is -2.84. The first-order valence-corrected chi connectivity index (χ1v) is 9.24. The largest absolute Gasteiger partial charge is 0.484 e. The molecule has 0 aliphatic heterocycles. The van der Waals surface area contributed by atoms with Gasteiger partial charge < -0.3 is 15.4 Å². The molecular formula is C20H16ClF3N2O3. The van der Waals surface area contributed by atoms with Crippen LogP contribution in [0.15, 0.2) is 36.4 Å². The highest BCUT2D eigenvalue weighted by Crippen LogP contribution is 2.60. The van der Waals surface area contributed by atoms with Crippen LogP contribution in [0.5, 0.6) is 5.75 Å². The highest BCUT2D eigenvalue weighted by atomic mass is 35.5. The number of halogens is 4. The van der Waals surface area contributed by atoms with Crippen molar-refractivity contribution < 1.29 is 27.5 Å². The molecule has 0 heterocycles. The molecule has 2 bridgehead atoms. The van der Waals surface area contributed by atoms with Crippen molar-refractivity contribution in [1.82, 2.24) is 10.6 Å². The van der Waals surface area contributed by atoms with Crippen molar-refractivity contribution in [3.63, 3.8) is 0 Å². The van der Waals surface area contributed by atoms with E-state index in [4.69, 9.17) is 16.3 Å². The summed E-state index contributed by atoms with van der Waals surface area (Å²) >= 11 is 5.59. The molecule has 3 fully saturated rings. The first-order chi connectivity index (χ1) is 13.7. The van der Waals surface area contributed by atoms with E-state index in [2.05, 4.69) is 10.6 Å². The molecule has 0 spiro atoms. The number of hydrogen-bond donors (Lipinski definition) is 2. The fourth-order valence-electron chi connectivity index (χ4n) is 4.12. The van der Waals surface area contributed by atoms with E-state index in [-0.39, 0.29) is 23.3 Å². The molecule has 0 unspecified atom stereocenters. The summed E-state index contributed by atoms with van der Waals surface area (Å²) in [6.45, 7) is -0.303. The van der Waals surface area contributed by atoms with Crippen molar-refractivity contribution in [3.8, 4) is 5.75 Å². The third-order valence-corrected chi connectivity index (χ3v) is 5.57. The number of ether oxygens (including phenoxy) is 1. The van der Waals surface area contributed by atoms with Crippen LogP contribution < -0.4 is 15.4 Å². The molecule has 2 amide bonds. The van der Waals surface area contributed by atoms with E-state index in [0.29, 0.717) is 19.3 Å².